The molecule has 1 aliphatic rings. The number of benzene rings is 2. The summed E-state index contributed by atoms with van der Waals surface area (Å²) in [6.07, 6.45) is 0. The molecular weight excluding hydrogens is 396 g/mol. The number of hydrogen-bond donors (Lipinski definition) is 2. The van der Waals surface area contributed by atoms with Crippen LogP contribution in [0.15, 0.2) is 35.8 Å². The Bertz CT molecular complexity index is 1210. The summed E-state index contributed by atoms with van der Waals surface area (Å²) in [5.74, 6) is -0.375. The summed E-state index contributed by atoms with van der Waals surface area (Å²) in [4.78, 5) is 4.30. The molecule has 8 heteroatoms. The second kappa shape index (κ2) is 7.22. The zero-order valence-electron chi connectivity index (χ0n) is 16.5. The van der Waals surface area contributed by atoms with E-state index in [0.717, 1.165) is 22.3 Å². The highest BCUT2D eigenvalue weighted by molar-refractivity contribution is 6.31. The maximum Gasteiger partial charge on any atom is 0.207 e. The fourth-order valence-electron chi connectivity index (χ4n) is 4.27. The highest BCUT2D eigenvalue weighted by atomic mass is 35.5. The average Bonchev–Trinajstić information content (AvgIpc) is 3.22. The Morgan fingerprint density at radius 3 is 2.69 bits per heavy atom. The van der Waals surface area contributed by atoms with E-state index in [-0.39, 0.29) is 5.82 Å². The number of aryl methyl sites for hydroxylation is 1. The van der Waals surface area contributed by atoms with Gasteiger partial charge in [0, 0.05) is 53.7 Å². The Hall–Kier alpha value is -2.80. The molecule has 29 heavy (non-hydrogen) atoms. The molecule has 0 saturated carbocycles. The van der Waals surface area contributed by atoms with Gasteiger partial charge in [0.15, 0.2) is 6.80 Å². The summed E-state index contributed by atoms with van der Waals surface area (Å²) in [5, 5.41) is 7.00. The molecule has 0 aliphatic carbocycles. The van der Waals surface area contributed by atoms with Crippen molar-refractivity contribution in [2.24, 2.45) is 4.99 Å². The van der Waals surface area contributed by atoms with E-state index in [0.29, 0.717) is 34.0 Å². The van der Waals surface area contributed by atoms with E-state index < -0.39 is 12.8 Å². The zero-order chi connectivity index (χ0) is 20.9. The summed E-state index contributed by atoms with van der Waals surface area (Å²) >= 11 is 6.40. The van der Waals surface area contributed by atoms with Gasteiger partial charge in [-0.15, -0.1) is 0 Å². The fraction of sp³-hybridized carbons (Fsp3) is 0.286. The number of halogens is 3. The van der Waals surface area contributed by atoms with Crippen molar-refractivity contribution in [3.8, 4) is 0 Å². The van der Waals surface area contributed by atoms with Crippen LogP contribution in [0.5, 0.6) is 0 Å². The average molecular weight is 418 g/mol. The second-order valence-electron chi connectivity index (χ2n) is 6.87. The zero-order valence-corrected chi connectivity index (χ0v) is 17.2. The molecule has 2 N–H and O–H groups in total. The van der Waals surface area contributed by atoms with Crippen LogP contribution >= 0.6 is 11.6 Å². The van der Waals surface area contributed by atoms with Crippen LogP contribution in [0.4, 0.5) is 14.5 Å². The van der Waals surface area contributed by atoms with Gasteiger partial charge in [-0.2, -0.15) is 0 Å². The van der Waals surface area contributed by atoms with Gasteiger partial charge in [0.25, 0.3) is 0 Å². The number of alkyl halides is 1. The monoisotopic (exact) mass is 417 g/mol. The first-order valence-electron chi connectivity index (χ1n) is 9.33. The first-order valence-corrected chi connectivity index (χ1v) is 9.71. The Balaban J connectivity index is 2.14. The van der Waals surface area contributed by atoms with Crippen molar-refractivity contribution < 1.29 is 8.78 Å². The number of imidazole rings is 1. The Morgan fingerprint density at radius 2 is 2.07 bits per heavy atom. The number of aromatic nitrogens is 2. The highest BCUT2D eigenvalue weighted by Crippen LogP contribution is 2.45. The number of fused-ring (bicyclic) bond motifs is 3. The Kier molecular flexibility index (Phi) is 4.86. The van der Waals surface area contributed by atoms with Gasteiger partial charge in [-0.3, -0.25) is 9.56 Å². The van der Waals surface area contributed by atoms with Crippen LogP contribution in [0.1, 0.15) is 29.7 Å². The van der Waals surface area contributed by atoms with Crippen LogP contribution in [-0.4, -0.2) is 23.2 Å². The largest absolute Gasteiger partial charge is 0.388 e. The van der Waals surface area contributed by atoms with Crippen LogP contribution in [0.25, 0.3) is 16.7 Å². The van der Waals surface area contributed by atoms with Gasteiger partial charge in [0.05, 0.1) is 17.1 Å². The van der Waals surface area contributed by atoms with Crippen LogP contribution in [-0.2, 0) is 13.3 Å². The van der Waals surface area contributed by atoms with E-state index in [2.05, 4.69) is 22.2 Å². The van der Waals surface area contributed by atoms with Crippen molar-refractivity contribution in [3.63, 3.8) is 0 Å². The van der Waals surface area contributed by atoms with Crippen molar-refractivity contribution >= 4 is 34.0 Å². The molecule has 0 fully saturated rings. The molecule has 1 aromatic heterocycles. The SMILES string of the molecule is C=C1NC(c2cc(F)ccc2Cl)c2c(NC)cc3c(c21)n(CF)c(=NC)n3CC. The summed E-state index contributed by atoms with van der Waals surface area (Å²) in [6, 6.07) is 5.84. The predicted molar refractivity (Wildman–Crippen MR) is 113 cm³/mol. The second-order valence-corrected chi connectivity index (χ2v) is 7.27. The van der Waals surface area contributed by atoms with Crippen LogP contribution in [0.2, 0.25) is 5.02 Å². The Labute approximate surface area is 172 Å². The first kappa shape index (κ1) is 19.5. The van der Waals surface area contributed by atoms with Crippen molar-refractivity contribution in [1.82, 2.24) is 14.5 Å². The van der Waals surface area contributed by atoms with Gasteiger partial charge in [-0.1, -0.05) is 18.2 Å². The lowest BCUT2D eigenvalue weighted by Gasteiger charge is -2.18. The van der Waals surface area contributed by atoms with Crippen LogP contribution < -0.4 is 16.3 Å². The molecule has 4 rings (SSSR count). The predicted octanol–water partition coefficient (Wildman–Crippen LogP) is 4.42. The van der Waals surface area contributed by atoms with E-state index in [4.69, 9.17) is 11.6 Å². The smallest absolute Gasteiger partial charge is 0.207 e. The third-order valence-electron chi connectivity index (χ3n) is 5.45. The first-order chi connectivity index (χ1) is 14.0. The number of anilines is 1. The third-order valence-corrected chi connectivity index (χ3v) is 5.79. The normalized spacial score (nSPS) is 16.4. The summed E-state index contributed by atoms with van der Waals surface area (Å²) < 4.78 is 31.6. The van der Waals surface area contributed by atoms with E-state index in [1.165, 1.54) is 18.2 Å². The molecule has 0 bridgehead atoms. The quantitative estimate of drug-likeness (QED) is 0.660. The number of hydrogen-bond acceptors (Lipinski definition) is 3. The van der Waals surface area contributed by atoms with Crippen molar-refractivity contribution in [2.75, 3.05) is 19.4 Å². The highest BCUT2D eigenvalue weighted by Gasteiger charge is 2.34. The van der Waals surface area contributed by atoms with Gasteiger partial charge in [0.1, 0.15) is 5.82 Å². The maximum absolute atomic E-state index is 14.1. The standard InChI is InChI=1S/C21H22ClF2N5/c1-5-28-16-9-15(25-3)18-17(20(16)29(10-23)21(28)26-4)11(2)27-19(18)13-8-12(24)6-7-14(13)22/h6-9,19,25,27H,2,5,10H2,1,3-4H3. The molecule has 0 saturated heterocycles. The fourth-order valence-corrected chi connectivity index (χ4v) is 4.50. The number of nitrogens with one attached hydrogen (secondary N) is 2. The summed E-state index contributed by atoms with van der Waals surface area (Å²) in [7, 11) is 3.47. The summed E-state index contributed by atoms with van der Waals surface area (Å²) in [5.41, 5.74) is 5.81. The molecule has 2 heterocycles. The topological polar surface area (TPSA) is 46.3 Å². The molecule has 3 aromatic rings. The van der Waals surface area contributed by atoms with Gasteiger partial charge in [0.2, 0.25) is 5.62 Å². The van der Waals surface area contributed by atoms with E-state index in [1.54, 1.807) is 11.6 Å². The van der Waals surface area contributed by atoms with Gasteiger partial charge >= 0.3 is 0 Å². The molecule has 0 amide bonds. The minimum Gasteiger partial charge on any atom is -0.388 e. The lowest BCUT2D eigenvalue weighted by Crippen LogP contribution is -2.24. The number of rotatable bonds is 4. The van der Waals surface area contributed by atoms with E-state index in [1.807, 2.05) is 24.6 Å². The molecule has 1 aliphatic heterocycles. The third kappa shape index (κ3) is 2.75. The van der Waals surface area contributed by atoms with Crippen LogP contribution in [0.3, 0.4) is 0 Å². The van der Waals surface area contributed by atoms with Gasteiger partial charge in [-0.25, -0.2) is 8.78 Å². The molecule has 1 unspecified atom stereocenters. The molecule has 152 valence electrons. The lowest BCUT2D eigenvalue weighted by molar-refractivity contribution is 0.370. The van der Waals surface area contributed by atoms with Crippen LogP contribution in [0, 0.1) is 5.82 Å². The minimum atomic E-state index is -0.722. The van der Waals surface area contributed by atoms with E-state index in [9.17, 15) is 8.78 Å². The Morgan fingerprint density at radius 1 is 1.31 bits per heavy atom. The van der Waals surface area contributed by atoms with Gasteiger partial charge in [-0.05, 0) is 31.2 Å². The van der Waals surface area contributed by atoms with Crippen molar-refractivity contribution in [3.05, 3.63) is 64.0 Å². The summed E-state index contributed by atoms with van der Waals surface area (Å²) in [6.45, 7) is 6.07. The van der Waals surface area contributed by atoms with E-state index >= 15 is 0 Å². The van der Waals surface area contributed by atoms with Gasteiger partial charge < -0.3 is 15.2 Å². The molecular formula is C21H22ClF2N5. The molecule has 0 spiro atoms. The van der Waals surface area contributed by atoms with Crippen molar-refractivity contribution in [1.29, 1.82) is 0 Å². The van der Waals surface area contributed by atoms with Crippen molar-refractivity contribution in [2.45, 2.75) is 26.3 Å². The maximum atomic E-state index is 14.1. The lowest BCUT2D eigenvalue weighted by atomic mass is 9.95. The molecule has 0 radical (unpaired) electrons. The molecule has 1 atom stereocenters. The molecule has 5 nitrogen and oxygen atoms in total. The number of nitrogens with zero attached hydrogens (tertiary/aromatic N) is 3. The molecule has 2 aromatic carbocycles. The minimum absolute atomic E-state index is 0.375.